The summed E-state index contributed by atoms with van der Waals surface area (Å²) in [6, 6.07) is 1.61. The largest absolute Gasteiger partial charge is 0.0722 e. The van der Waals surface area contributed by atoms with Crippen LogP contribution in [-0.4, -0.2) is 8.80 Å². The van der Waals surface area contributed by atoms with E-state index in [0.717, 1.165) is 35.0 Å². The fourth-order valence-corrected chi connectivity index (χ4v) is 8.14. The third kappa shape index (κ3) is 1.77. The molecule has 1 heteroatoms. The second-order valence-corrected chi connectivity index (χ2v) is 13.8. The highest BCUT2D eigenvalue weighted by molar-refractivity contribution is 6.55. The highest BCUT2D eigenvalue weighted by atomic mass is 28.3. The van der Waals surface area contributed by atoms with Gasteiger partial charge in [-0.15, -0.1) is 0 Å². The Morgan fingerprint density at radius 1 is 1.05 bits per heavy atom. The summed E-state index contributed by atoms with van der Waals surface area (Å²) >= 11 is 0. The maximum atomic E-state index is 2.58. The number of rotatable bonds is 3. The van der Waals surface area contributed by atoms with Crippen LogP contribution in [-0.2, 0) is 0 Å². The van der Waals surface area contributed by atoms with Gasteiger partial charge >= 0.3 is 0 Å². The van der Waals surface area contributed by atoms with Crippen molar-refractivity contribution in [2.75, 3.05) is 0 Å². The average Bonchev–Trinajstić information content (AvgIpc) is 2.63. The van der Waals surface area contributed by atoms with E-state index < -0.39 is 8.80 Å². The van der Waals surface area contributed by atoms with Crippen LogP contribution in [0.25, 0.3) is 0 Å². The van der Waals surface area contributed by atoms with Crippen LogP contribution in [0, 0.1) is 45.8 Å². The van der Waals surface area contributed by atoms with E-state index in [0.29, 0.717) is 10.8 Å². The Labute approximate surface area is 128 Å². The fourth-order valence-electron chi connectivity index (χ4n) is 6.41. The molecule has 0 saturated heterocycles. The summed E-state index contributed by atoms with van der Waals surface area (Å²) in [7, 11) is -0.411. The summed E-state index contributed by atoms with van der Waals surface area (Å²) in [5, 5.41) is 0. The molecule has 3 saturated carbocycles. The first-order valence-corrected chi connectivity index (χ1v) is 12.1. The standard InChI is InChI=1S/C19H36Si/c1-12-15-16(18(5,6)17(2,3)4)14-10-19(12,15)9-13(14)11-20(7)8/h12-16,20H,9-11H2,1-8H3. The third-order valence-corrected chi connectivity index (χ3v) is 9.80. The summed E-state index contributed by atoms with van der Waals surface area (Å²) in [5.74, 6) is 5.27. The molecule has 3 aliphatic rings. The van der Waals surface area contributed by atoms with Gasteiger partial charge in [-0.2, -0.15) is 0 Å². The molecule has 0 heterocycles. The Hall–Kier alpha value is 0.217. The summed E-state index contributed by atoms with van der Waals surface area (Å²) in [4.78, 5) is 0. The highest BCUT2D eigenvalue weighted by Crippen LogP contribution is 2.83. The van der Waals surface area contributed by atoms with Crippen molar-refractivity contribution >= 4 is 8.80 Å². The molecule has 0 radical (unpaired) electrons. The molecular formula is C19H36Si. The van der Waals surface area contributed by atoms with Crippen molar-refractivity contribution in [1.29, 1.82) is 0 Å². The second-order valence-electron chi connectivity index (χ2n) is 10.5. The van der Waals surface area contributed by atoms with Crippen molar-refractivity contribution in [3.05, 3.63) is 0 Å². The van der Waals surface area contributed by atoms with E-state index >= 15 is 0 Å². The molecule has 0 aromatic carbocycles. The third-order valence-electron chi connectivity index (χ3n) is 8.25. The van der Waals surface area contributed by atoms with Crippen molar-refractivity contribution in [1.82, 2.24) is 0 Å². The van der Waals surface area contributed by atoms with E-state index in [1.165, 1.54) is 0 Å². The van der Waals surface area contributed by atoms with Gasteiger partial charge in [-0.05, 0) is 58.7 Å². The predicted molar refractivity (Wildman–Crippen MR) is 91.7 cm³/mol. The zero-order valence-electron chi connectivity index (χ0n) is 15.1. The molecule has 6 unspecified atom stereocenters. The lowest BCUT2D eigenvalue weighted by Gasteiger charge is -2.49. The number of fused-ring (bicyclic) bond motifs is 1. The van der Waals surface area contributed by atoms with E-state index in [9.17, 15) is 0 Å². The van der Waals surface area contributed by atoms with Crippen LogP contribution in [0.1, 0.15) is 54.4 Å². The summed E-state index contributed by atoms with van der Waals surface area (Å²) in [6.45, 7) is 20.3. The van der Waals surface area contributed by atoms with Gasteiger partial charge in [0.05, 0.1) is 0 Å². The monoisotopic (exact) mass is 292 g/mol. The van der Waals surface area contributed by atoms with Gasteiger partial charge in [0.2, 0.25) is 0 Å². The van der Waals surface area contributed by atoms with E-state index in [-0.39, 0.29) is 0 Å². The van der Waals surface area contributed by atoms with E-state index in [1.807, 2.05) is 0 Å². The number of hydrogen-bond acceptors (Lipinski definition) is 0. The molecule has 3 fully saturated rings. The Kier molecular flexibility index (Phi) is 3.14. The lowest BCUT2D eigenvalue weighted by Crippen LogP contribution is -2.43. The molecule has 6 atom stereocenters. The number of hydrogen-bond donors (Lipinski definition) is 0. The van der Waals surface area contributed by atoms with Crippen LogP contribution in [0.4, 0.5) is 0 Å². The van der Waals surface area contributed by atoms with Gasteiger partial charge in [-0.3, -0.25) is 0 Å². The molecule has 0 N–H and O–H groups in total. The normalized spacial score (nSPS) is 47.0. The van der Waals surface area contributed by atoms with Crippen LogP contribution in [0.5, 0.6) is 0 Å². The van der Waals surface area contributed by atoms with Gasteiger partial charge in [0.15, 0.2) is 0 Å². The van der Waals surface area contributed by atoms with E-state index in [4.69, 9.17) is 0 Å². The minimum absolute atomic E-state index is 0.411. The molecule has 1 spiro atoms. The van der Waals surface area contributed by atoms with Crippen LogP contribution >= 0.6 is 0 Å². The molecule has 3 aliphatic carbocycles. The molecule has 0 aromatic heterocycles. The Morgan fingerprint density at radius 3 is 2.10 bits per heavy atom. The molecule has 20 heavy (non-hydrogen) atoms. The van der Waals surface area contributed by atoms with Crippen LogP contribution in [0.2, 0.25) is 19.1 Å². The quantitative estimate of drug-likeness (QED) is 0.606. The zero-order chi connectivity index (χ0) is 15.1. The van der Waals surface area contributed by atoms with Gasteiger partial charge in [0, 0.05) is 8.80 Å². The van der Waals surface area contributed by atoms with Crippen molar-refractivity contribution in [2.24, 2.45) is 45.8 Å². The van der Waals surface area contributed by atoms with Gasteiger partial charge in [-0.25, -0.2) is 0 Å². The molecule has 3 rings (SSSR count). The molecule has 2 bridgehead atoms. The Morgan fingerprint density at radius 2 is 1.65 bits per heavy atom. The van der Waals surface area contributed by atoms with Gasteiger partial charge < -0.3 is 0 Å². The maximum absolute atomic E-state index is 2.58. The Bertz CT molecular complexity index is 402. The summed E-state index contributed by atoms with van der Waals surface area (Å²) < 4.78 is 0. The summed E-state index contributed by atoms with van der Waals surface area (Å²) in [5.41, 5.74) is 1.74. The highest BCUT2D eigenvalue weighted by Gasteiger charge is 2.77. The second kappa shape index (κ2) is 4.15. The van der Waals surface area contributed by atoms with Crippen LogP contribution < -0.4 is 0 Å². The van der Waals surface area contributed by atoms with E-state index in [2.05, 4.69) is 54.6 Å². The van der Waals surface area contributed by atoms with Gasteiger partial charge in [-0.1, -0.05) is 60.7 Å². The van der Waals surface area contributed by atoms with Crippen molar-refractivity contribution in [3.8, 4) is 0 Å². The van der Waals surface area contributed by atoms with Crippen LogP contribution in [0.15, 0.2) is 0 Å². The van der Waals surface area contributed by atoms with Gasteiger partial charge in [0.1, 0.15) is 0 Å². The molecule has 0 amide bonds. The smallest absolute Gasteiger partial charge is 0.0308 e. The zero-order valence-corrected chi connectivity index (χ0v) is 16.2. The first-order chi connectivity index (χ1) is 9.02. The van der Waals surface area contributed by atoms with Crippen molar-refractivity contribution in [2.45, 2.75) is 73.5 Å². The van der Waals surface area contributed by atoms with Gasteiger partial charge in [0.25, 0.3) is 0 Å². The minimum atomic E-state index is -0.411. The van der Waals surface area contributed by atoms with Crippen molar-refractivity contribution in [3.63, 3.8) is 0 Å². The maximum Gasteiger partial charge on any atom is 0.0308 e. The molecule has 0 aromatic rings. The molecule has 0 aliphatic heterocycles. The first-order valence-electron chi connectivity index (χ1n) is 9.02. The fraction of sp³-hybridized carbons (Fsp3) is 1.00. The lowest BCUT2D eigenvalue weighted by atomic mass is 9.56. The molecule has 116 valence electrons. The predicted octanol–water partition coefficient (Wildman–Crippen LogP) is 5.45. The van der Waals surface area contributed by atoms with Crippen LogP contribution in [0.3, 0.4) is 0 Å². The lowest BCUT2D eigenvalue weighted by molar-refractivity contribution is -0.00322. The average molecular weight is 293 g/mol. The minimum Gasteiger partial charge on any atom is -0.0722 e. The SMILES string of the molecule is CC1C2C(C(C)(C)C(C)(C)C)C3CC12CC3C[SiH](C)C. The first kappa shape index (κ1) is 15.1. The molecule has 0 nitrogen and oxygen atoms in total. The summed E-state index contributed by atoms with van der Waals surface area (Å²) in [6.07, 6.45) is 3.19. The topological polar surface area (TPSA) is 0 Å². The molecular weight excluding hydrogens is 256 g/mol. The van der Waals surface area contributed by atoms with E-state index in [1.54, 1.807) is 18.9 Å². The Balaban J connectivity index is 1.89. The van der Waals surface area contributed by atoms with Crippen molar-refractivity contribution < 1.29 is 0 Å².